The van der Waals surface area contributed by atoms with Crippen LogP contribution < -0.4 is 5.32 Å². The first-order valence-electron chi connectivity index (χ1n) is 6.75. The van der Waals surface area contributed by atoms with E-state index in [1.54, 1.807) is 7.05 Å². The minimum absolute atomic E-state index is 0.223. The Balaban J connectivity index is 2.32. The van der Waals surface area contributed by atoms with Gasteiger partial charge in [-0.2, -0.15) is 13.2 Å². The molecule has 112 valence electrons. The third-order valence-corrected chi connectivity index (χ3v) is 3.39. The highest BCUT2D eigenvalue weighted by Crippen LogP contribution is 2.29. The Bertz CT molecular complexity index is 591. The first kappa shape index (κ1) is 15.5. The van der Waals surface area contributed by atoms with Crippen molar-refractivity contribution in [1.29, 1.82) is 0 Å². The summed E-state index contributed by atoms with van der Waals surface area (Å²) in [5.41, 5.74) is 2.01. The Morgan fingerprint density at radius 1 is 1.19 bits per heavy atom. The highest BCUT2D eigenvalue weighted by Gasteiger charge is 2.31. The highest BCUT2D eigenvalue weighted by atomic mass is 19.4. The lowest BCUT2D eigenvalue weighted by Crippen LogP contribution is -2.19. The van der Waals surface area contributed by atoms with E-state index in [0.29, 0.717) is 5.69 Å². The van der Waals surface area contributed by atoms with Crippen LogP contribution in [0.3, 0.4) is 0 Å². The molecule has 0 saturated carbocycles. The molecule has 0 aliphatic heterocycles. The monoisotopic (exact) mass is 294 g/mol. The average Bonchev–Trinajstić information content (AvgIpc) is 2.48. The first-order chi connectivity index (χ1) is 9.95. The number of aromatic nitrogens is 1. The number of benzene rings is 1. The maximum absolute atomic E-state index is 12.6. The summed E-state index contributed by atoms with van der Waals surface area (Å²) in [6.45, 7) is 2.06. The molecule has 0 aliphatic rings. The van der Waals surface area contributed by atoms with E-state index in [1.807, 2.05) is 24.3 Å². The van der Waals surface area contributed by atoms with E-state index >= 15 is 0 Å². The SMILES string of the molecule is CCc1cccc(C(NC)c2ccc(C(F)(F)F)cn2)c1. The van der Waals surface area contributed by atoms with Crippen LogP contribution in [0.4, 0.5) is 13.2 Å². The van der Waals surface area contributed by atoms with Crippen molar-refractivity contribution in [3.05, 3.63) is 65.0 Å². The van der Waals surface area contributed by atoms with Gasteiger partial charge in [0.2, 0.25) is 0 Å². The molecule has 0 bridgehead atoms. The number of rotatable bonds is 4. The third-order valence-electron chi connectivity index (χ3n) is 3.39. The molecule has 1 N–H and O–H groups in total. The maximum Gasteiger partial charge on any atom is 0.417 e. The molecule has 1 atom stereocenters. The predicted octanol–water partition coefficient (Wildman–Crippen LogP) is 3.97. The molecule has 0 radical (unpaired) electrons. The lowest BCUT2D eigenvalue weighted by Gasteiger charge is -2.17. The van der Waals surface area contributed by atoms with Gasteiger partial charge in [-0.3, -0.25) is 4.98 Å². The van der Waals surface area contributed by atoms with Crippen molar-refractivity contribution >= 4 is 0 Å². The van der Waals surface area contributed by atoms with Gasteiger partial charge >= 0.3 is 6.18 Å². The fourth-order valence-corrected chi connectivity index (χ4v) is 2.22. The number of hydrogen-bond acceptors (Lipinski definition) is 2. The Morgan fingerprint density at radius 2 is 1.95 bits per heavy atom. The van der Waals surface area contributed by atoms with E-state index in [4.69, 9.17) is 0 Å². The van der Waals surface area contributed by atoms with Gasteiger partial charge in [0.1, 0.15) is 0 Å². The van der Waals surface area contributed by atoms with Crippen LogP contribution in [0.2, 0.25) is 0 Å². The Labute approximate surface area is 122 Å². The molecule has 1 aromatic heterocycles. The predicted molar refractivity (Wildman–Crippen MR) is 76.0 cm³/mol. The summed E-state index contributed by atoms with van der Waals surface area (Å²) in [5.74, 6) is 0. The fraction of sp³-hybridized carbons (Fsp3) is 0.312. The summed E-state index contributed by atoms with van der Waals surface area (Å²) >= 11 is 0. The van der Waals surface area contributed by atoms with Crippen molar-refractivity contribution in [3.8, 4) is 0 Å². The zero-order valence-electron chi connectivity index (χ0n) is 11.9. The zero-order chi connectivity index (χ0) is 15.5. The van der Waals surface area contributed by atoms with Gasteiger partial charge in [0.05, 0.1) is 17.3 Å². The minimum atomic E-state index is -4.36. The van der Waals surface area contributed by atoms with Gasteiger partial charge in [-0.25, -0.2) is 0 Å². The molecule has 2 aromatic rings. The Morgan fingerprint density at radius 3 is 2.48 bits per heavy atom. The van der Waals surface area contributed by atoms with Crippen LogP contribution in [-0.4, -0.2) is 12.0 Å². The summed E-state index contributed by atoms with van der Waals surface area (Å²) in [5, 5.41) is 3.10. The standard InChI is InChI=1S/C16H17F3N2/c1-3-11-5-4-6-12(9-11)15(20-2)14-8-7-13(10-21-14)16(17,18)19/h4-10,15,20H,3H2,1-2H3. The average molecular weight is 294 g/mol. The molecule has 2 nitrogen and oxygen atoms in total. The van der Waals surface area contributed by atoms with Crippen molar-refractivity contribution < 1.29 is 13.2 Å². The van der Waals surface area contributed by atoms with Gasteiger partial charge < -0.3 is 5.32 Å². The van der Waals surface area contributed by atoms with Crippen LogP contribution in [-0.2, 0) is 12.6 Å². The van der Waals surface area contributed by atoms with Gasteiger partial charge in [0, 0.05) is 6.20 Å². The van der Waals surface area contributed by atoms with Crippen molar-refractivity contribution in [3.63, 3.8) is 0 Å². The van der Waals surface area contributed by atoms with E-state index in [9.17, 15) is 13.2 Å². The lowest BCUT2D eigenvalue weighted by atomic mass is 10.00. The number of nitrogens with one attached hydrogen (secondary N) is 1. The number of aryl methyl sites for hydroxylation is 1. The summed E-state index contributed by atoms with van der Waals surface area (Å²) in [6, 6.07) is 10.2. The summed E-state index contributed by atoms with van der Waals surface area (Å²) in [6.07, 6.45) is -2.57. The van der Waals surface area contributed by atoms with Gasteiger partial charge in [-0.05, 0) is 36.7 Å². The first-order valence-corrected chi connectivity index (χ1v) is 6.75. The lowest BCUT2D eigenvalue weighted by molar-refractivity contribution is -0.137. The van der Waals surface area contributed by atoms with Gasteiger partial charge in [-0.15, -0.1) is 0 Å². The number of hydrogen-bond donors (Lipinski definition) is 1. The van der Waals surface area contributed by atoms with E-state index in [0.717, 1.165) is 24.2 Å². The van der Waals surface area contributed by atoms with E-state index < -0.39 is 11.7 Å². The van der Waals surface area contributed by atoms with E-state index in [1.165, 1.54) is 11.6 Å². The molecule has 0 aliphatic carbocycles. The van der Waals surface area contributed by atoms with E-state index in [-0.39, 0.29) is 6.04 Å². The summed E-state index contributed by atoms with van der Waals surface area (Å²) < 4.78 is 37.7. The van der Waals surface area contributed by atoms with Gasteiger partial charge in [0.25, 0.3) is 0 Å². The van der Waals surface area contributed by atoms with Crippen LogP contribution in [0.15, 0.2) is 42.6 Å². The molecular weight excluding hydrogens is 277 g/mol. The number of nitrogens with zero attached hydrogens (tertiary/aromatic N) is 1. The highest BCUT2D eigenvalue weighted by molar-refractivity contribution is 5.32. The molecule has 5 heteroatoms. The molecule has 1 aromatic carbocycles. The third kappa shape index (κ3) is 3.61. The molecular formula is C16H17F3N2. The Hall–Kier alpha value is -1.88. The normalized spacial score (nSPS) is 13.2. The van der Waals surface area contributed by atoms with Crippen LogP contribution in [0.5, 0.6) is 0 Å². The molecule has 0 saturated heterocycles. The Kier molecular flexibility index (Phi) is 4.63. The second-order valence-corrected chi connectivity index (χ2v) is 4.79. The number of pyridine rings is 1. The van der Waals surface area contributed by atoms with Crippen LogP contribution in [0.1, 0.15) is 35.3 Å². The fourth-order valence-electron chi connectivity index (χ4n) is 2.22. The number of halogens is 3. The second-order valence-electron chi connectivity index (χ2n) is 4.79. The van der Waals surface area contributed by atoms with Crippen LogP contribution >= 0.6 is 0 Å². The maximum atomic E-state index is 12.6. The van der Waals surface area contributed by atoms with Gasteiger partial charge in [0.15, 0.2) is 0 Å². The largest absolute Gasteiger partial charge is 0.417 e. The minimum Gasteiger partial charge on any atom is -0.308 e. The summed E-state index contributed by atoms with van der Waals surface area (Å²) in [4.78, 5) is 3.97. The quantitative estimate of drug-likeness (QED) is 0.923. The molecule has 21 heavy (non-hydrogen) atoms. The van der Waals surface area contributed by atoms with Gasteiger partial charge in [-0.1, -0.05) is 31.2 Å². The molecule has 1 heterocycles. The molecule has 1 unspecified atom stereocenters. The second kappa shape index (κ2) is 6.26. The van der Waals surface area contributed by atoms with Crippen LogP contribution in [0, 0.1) is 0 Å². The summed E-state index contributed by atoms with van der Waals surface area (Å²) in [7, 11) is 1.77. The molecule has 2 rings (SSSR count). The smallest absolute Gasteiger partial charge is 0.308 e. The molecule has 0 amide bonds. The van der Waals surface area contributed by atoms with Crippen molar-refractivity contribution in [2.75, 3.05) is 7.05 Å². The number of alkyl halides is 3. The van der Waals surface area contributed by atoms with E-state index in [2.05, 4.69) is 17.2 Å². The molecule has 0 fully saturated rings. The van der Waals surface area contributed by atoms with Crippen molar-refractivity contribution in [2.45, 2.75) is 25.6 Å². The molecule has 0 spiro atoms. The van der Waals surface area contributed by atoms with Crippen molar-refractivity contribution in [1.82, 2.24) is 10.3 Å². The van der Waals surface area contributed by atoms with Crippen molar-refractivity contribution in [2.24, 2.45) is 0 Å². The zero-order valence-corrected chi connectivity index (χ0v) is 11.9. The van der Waals surface area contributed by atoms with Crippen LogP contribution in [0.25, 0.3) is 0 Å². The topological polar surface area (TPSA) is 24.9 Å².